The Balaban J connectivity index is 2.27. The molecular formula is C14H18N4O. The molecule has 5 heteroatoms. The third-order valence-electron chi connectivity index (χ3n) is 2.95. The van der Waals surface area contributed by atoms with Crippen molar-refractivity contribution in [2.75, 3.05) is 26.0 Å². The zero-order valence-corrected chi connectivity index (χ0v) is 11.4. The van der Waals surface area contributed by atoms with E-state index in [0.717, 1.165) is 17.1 Å². The van der Waals surface area contributed by atoms with Gasteiger partial charge in [0.2, 0.25) is 5.91 Å². The number of carbonyl (C=O) groups excluding carboxylic acids is 1. The van der Waals surface area contributed by atoms with Crippen molar-refractivity contribution >= 4 is 11.6 Å². The van der Waals surface area contributed by atoms with Gasteiger partial charge < -0.3 is 14.8 Å². The highest BCUT2D eigenvalue weighted by atomic mass is 16.1. The van der Waals surface area contributed by atoms with Crippen LogP contribution in [0, 0.1) is 0 Å². The molecule has 1 heterocycles. The highest BCUT2D eigenvalue weighted by Crippen LogP contribution is 2.21. The molecule has 0 unspecified atom stereocenters. The first kappa shape index (κ1) is 13.1. The largest absolute Gasteiger partial charge is 0.378 e. The molecule has 2 aromatic rings. The van der Waals surface area contributed by atoms with E-state index in [1.807, 2.05) is 54.0 Å². The fraction of sp³-hybridized carbons (Fsp3) is 0.286. The van der Waals surface area contributed by atoms with Crippen LogP contribution in [-0.2, 0) is 11.3 Å². The van der Waals surface area contributed by atoms with Gasteiger partial charge in [-0.2, -0.15) is 0 Å². The van der Waals surface area contributed by atoms with E-state index in [-0.39, 0.29) is 12.5 Å². The summed E-state index contributed by atoms with van der Waals surface area (Å²) in [6.45, 7) is 0.279. The molecule has 0 fully saturated rings. The fourth-order valence-electron chi connectivity index (χ4n) is 1.84. The van der Waals surface area contributed by atoms with Crippen molar-refractivity contribution in [2.24, 2.45) is 0 Å². The Morgan fingerprint density at radius 2 is 2.00 bits per heavy atom. The van der Waals surface area contributed by atoms with Gasteiger partial charge in [-0.15, -0.1) is 0 Å². The van der Waals surface area contributed by atoms with E-state index in [4.69, 9.17) is 0 Å². The Labute approximate surface area is 112 Å². The summed E-state index contributed by atoms with van der Waals surface area (Å²) in [7, 11) is 5.63. The Kier molecular flexibility index (Phi) is 3.85. The lowest BCUT2D eigenvalue weighted by atomic mass is 10.2. The van der Waals surface area contributed by atoms with Crippen molar-refractivity contribution in [2.45, 2.75) is 6.54 Å². The second-order valence-corrected chi connectivity index (χ2v) is 4.49. The molecule has 1 N–H and O–H groups in total. The highest BCUT2D eigenvalue weighted by Gasteiger charge is 2.08. The summed E-state index contributed by atoms with van der Waals surface area (Å²) < 4.78 is 1.84. The number of benzene rings is 1. The molecule has 2 rings (SSSR count). The molecule has 19 heavy (non-hydrogen) atoms. The predicted molar refractivity (Wildman–Crippen MR) is 76.1 cm³/mol. The molecular weight excluding hydrogens is 240 g/mol. The average Bonchev–Trinajstić information content (AvgIpc) is 2.86. The van der Waals surface area contributed by atoms with Crippen LogP contribution in [0.2, 0.25) is 0 Å². The van der Waals surface area contributed by atoms with Gasteiger partial charge in [-0.25, -0.2) is 4.98 Å². The first-order valence-corrected chi connectivity index (χ1v) is 6.11. The van der Waals surface area contributed by atoms with Crippen LogP contribution < -0.4 is 10.2 Å². The van der Waals surface area contributed by atoms with Crippen LogP contribution in [0.25, 0.3) is 11.4 Å². The van der Waals surface area contributed by atoms with E-state index in [2.05, 4.69) is 10.3 Å². The number of anilines is 1. The zero-order valence-electron chi connectivity index (χ0n) is 11.4. The molecule has 0 saturated heterocycles. The summed E-state index contributed by atoms with van der Waals surface area (Å²) in [5.74, 6) is 0.762. The zero-order chi connectivity index (χ0) is 13.8. The van der Waals surface area contributed by atoms with Crippen LogP contribution in [0.15, 0.2) is 36.7 Å². The second kappa shape index (κ2) is 5.56. The lowest BCUT2D eigenvalue weighted by Crippen LogP contribution is -2.23. The number of nitrogens with zero attached hydrogens (tertiary/aromatic N) is 3. The van der Waals surface area contributed by atoms with Gasteiger partial charge in [0.15, 0.2) is 0 Å². The molecule has 1 aromatic carbocycles. The summed E-state index contributed by atoms with van der Waals surface area (Å²) in [5, 5.41) is 2.61. The molecule has 0 radical (unpaired) electrons. The summed E-state index contributed by atoms with van der Waals surface area (Å²) in [5.41, 5.74) is 2.13. The van der Waals surface area contributed by atoms with Crippen molar-refractivity contribution < 1.29 is 4.79 Å². The smallest absolute Gasteiger partial charge is 0.239 e. The van der Waals surface area contributed by atoms with Gasteiger partial charge in [-0.3, -0.25) is 4.79 Å². The van der Waals surface area contributed by atoms with Crippen LogP contribution in [0.1, 0.15) is 0 Å². The van der Waals surface area contributed by atoms with Crippen molar-refractivity contribution in [1.82, 2.24) is 14.9 Å². The standard InChI is InChI=1S/C14H18N4O/c1-15-13(19)10-18-9-8-16-14(18)11-4-6-12(7-5-11)17(2)3/h4-9H,10H2,1-3H3,(H,15,19). The summed E-state index contributed by atoms with van der Waals surface area (Å²) in [4.78, 5) is 17.8. The molecule has 0 aliphatic carbocycles. The van der Waals surface area contributed by atoms with E-state index in [0.29, 0.717) is 0 Å². The Morgan fingerprint density at radius 3 is 2.58 bits per heavy atom. The van der Waals surface area contributed by atoms with E-state index >= 15 is 0 Å². The van der Waals surface area contributed by atoms with Crippen molar-refractivity contribution in [3.63, 3.8) is 0 Å². The Hall–Kier alpha value is -2.30. The van der Waals surface area contributed by atoms with Gasteiger partial charge in [-0.1, -0.05) is 0 Å². The second-order valence-electron chi connectivity index (χ2n) is 4.49. The topological polar surface area (TPSA) is 50.2 Å². The van der Waals surface area contributed by atoms with Gasteiger partial charge in [-0.05, 0) is 24.3 Å². The maximum Gasteiger partial charge on any atom is 0.239 e. The first-order chi connectivity index (χ1) is 9.11. The molecule has 5 nitrogen and oxygen atoms in total. The van der Waals surface area contributed by atoms with Crippen LogP contribution in [0.5, 0.6) is 0 Å². The van der Waals surface area contributed by atoms with Crippen LogP contribution >= 0.6 is 0 Å². The van der Waals surface area contributed by atoms with Gasteiger partial charge in [0.1, 0.15) is 12.4 Å². The number of amides is 1. The Morgan fingerprint density at radius 1 is 1.32 bits per heavy atom. The number of likely N-dealkylation sites (N-methyl/N-ethyl adjacent to an activating group) is 1. The molecule has 0 aliphatic rings. The third kappa shape index (κ3) is 2.93. The number of aromatic nitrogens is 2. The summed E-state index contributed by atoms with van der Waals surface area (Å²) in [6, 6.07) is 8.10. The van der Waals surface area contributed by atoms with E-state index in [1.54, 1.807) is 13.2 Å². The SMILES string of the molecule is CNC(=O)Cn1ccnc1-c1ccc(N(C)C)cc1. The van der Waals surface area contributed by atoms with Crippen molar-refractivity contribution in [1.29, 1.82) is 0 Å². The van der Waals surface area contributed by atoms with E-state index in [9.17, 15) is 4.79 Å². The molecule has 1 aromatic heterocycles. The molecule has 100 valence electrons. The minimum absolute atomic E-state index is 0.0378. The number of imidazole rings is 1. The first-order valence-electron chi connectivity index (χ1n) is 6.11. The number of hydrogen-bond donors (Lipinski definition) is 1. The van der Waals surface area contributed by atoms with Gasteiger partial charge in [0.05, 0.1) is 0 Å². The quantitative estimate of drug-likeness (QED) is 0.901. The number of rotatable bonds is 4. The average molecular weight is 258 g/mol. The van der Waals surface area contributed by atoms with E-state index in [1.165, 1.54) is 0 Å². The molecule has 0 atom stereocenters. The normalized spacial score (nSPS) is 10.3. The molecule has 1 amide bonds. The maximum atomic E-state index is 11.4. The third-order valence-corrected chi connectivity index (χ3v) is 2.95. The van der Waals surface area contributed by atoms with Crippen LogP contribution in [0.4, 0.5) is 5.69 Å². The monoisotopic (exact) mass is 258 g/mol. The molecule has 0 bridgehead atoms. The van der Waals surface area contributed by atoms with Crippen molar-refractivity contribution in [3.05, 3.63) is 36.7 Å². The minimum Gasteiger partial charge on any atom is -0.378 e. The van der Waals surface area contributed by atoms with Gasteiger partial charge in [0, 0.05) is 44.8 Å². The molecule has 0 saturated carbocycles. The summed E-state index contributed by atoms with van der Waals surface area (Å²) >= 11 is 0. The maximum absolute atomic E-state index is 11.4. The lowest BCUT2D eigenvalue weighted by molar-refractivity contribution is -0.121. The Bertz CT molecular complexity index is 557. The van der Waals surface area contributed by atoms with Gasteiger partial charge >= 0.3 is 0 Å². The van der Waals surface area contributed by atoms with Crippen molar-refractivity contribution in [3.8, 4) is 11.4 Å². The minimum atomic E-state index is -0.0378. The predicted octanol–water partition coefficient (Wildman–Crippen LogP) is 1.36. The number of nitrogens with one attached hydrogen (secondary N) is 1. The fourth-order valence-corrected chi connectivity index (χ4v) is 1.84. The molecule has 0 aliphatic heterocycles. The number of carbonyl (C=O) groups is 1. The molecule has 0 spiro atoms. The lowest BCUT2D eigenvalue weighted by Gasteiger charge is -2.13. The van der Waals surface area contributed by atoms with E-state index < -0.39 is 0 Å². The summed E-state index contributed by atoms with van der Waals surface area (Å²) in [6.07, 6.45) is 3.52. The van der Waals surface area contributed by atoms with Crippen LogP contribution in [0.3, 0.4) is 0 Å². The van der Waals surface area contributed by atoms with Gasteiger partial charge in [0.25, 0.3) is 0 Å². The van der Waals surface area contributed by atoms with Crippen LogP contribution in [-0.4, -0.2) is 36.6 Å². The number of hydrogen-bond acceptors (Lipinski definition) is 3. The highest BCUT2D eigenvalue weighted by molar-refractivity contribution is 5.76.